The van der Waals surface area contributed by atoms with Crippen LogP contribution in [0.25, 0.3) is 0 Å². The van der Waals surface area contributed by atoms with Crippen molar-refractivity contribution in [2.75, 3.05) is 0 Å². The van der Waals surface area contributed by atoms with E-state index in [1.54, 1.807) is 13.0 Å². The van der Waals surface area contributed by atoms with Crippen LogP contribution in [0.5, 0.6) is 0 Å². The molecule has 2 bridgehead atoms. The molecule has 3 rings (SSSR count). The molecule has 0 atom stereocenters. The first-order chi connectivity index (χ1) is 8.15. The number of hydrogen-bond acceptors (Lipinski definition) is 1. The molecule has 0 saturated carbocycles. The third-order valence-electron chi connectivity index (χ3n) is 2.88. The number of benzene rings is 1. The van der Waals surface area contributed by atoms with Crippen molar-refractivity contribution >= 4 is 0 Å². The van der Waals surface area contributed by atoms with E-state index in [-0.39, 0.29) is 5.82 Å². The van der Waals surface area contributed by atoms with Gasteiger partial charge < -0.3 is 0 Å². The Morgan fingerprint density at radius 2 is 1.71 bits per heavy atom. The zero-order valence-electron chi connectivity index (χ0n) is 10.2. The number of fused-ring (bicyclic) bond motifs is 2. The van der Waals surface area contributed by atoms with Gasteiger partial charge in [-0.2, -0.15) is 0 Å². The van der Waals surface area contributed by atoms with E-state index in [4.69, 9.17) is 0 Å². The number of halogens is 1. The second kappa shape index (κ2) is 5.09. The summed E-state index contributed by atoms with van der Waals surface area (Å²) in [6.45, 7) is 3.57. The van der Waals surface area contributed by atoms with Crippen LogP contribution in [-0.2, 0) is 12.8 Å². The van der Waals surface area contributed by atoms with Crippen molar-refractivity contribution in [2.24, 2.45) is 0 Å². The molecule has 17 heavy (non-hydrogen) atoms. The molecule has 0 N–H and O–H groups in total. The Bertz CT molecular complexity index is 501. The van der Waals surface area contributed by atoms with Crippen LogP contribution in [-0.4, -0.2) is 4.98 Å². The van der Waals surface area contributed by atoms with E-state index in [9.17, 15) is 4.39 Å². The molecule has 2 aromatic rings. The SMILES string of the molecule is Cc1cc(C)c(F)cn1.c1cc2cc(c1)CC2. The van der Waals surface area contributed by atoms with Crippen LogP contribution < -0.4 is 0 Å². The second-order valence-electron chi connectivity index (χ2n) is 4.39. The van der Waals surface area contributed by atoms with Crippen molar-refractivity contribution in [1.82, 2.24) is 4.98 Å². The van der Waals surface area contributed by atoms with Gasteiger partial charge in [-0.25, -0.2) is 4.39 Å². The Morgan fingerprint density at radius 3 is 2.18 bits per heavy atom. The maximum Gasteiger partial charge on any atom is 0.144 e. The van der Waals surface area contributed by atoms with Crippen molar-refractivity contribution in [3.8, 4) is 0 Å². The largest absolute Gasteiger partial charge is 0.259 e. The summed E-state index contributed by atoms with van der Waals surface area (Å²) in [6, 6.07) is 10.5. The van der Waals surface area contributed by atoms with Crippen molar-refractivity contribution in [2.45, 2.75) is 26.7 Å². The molecule has 1 aromatic carbocycles. The first-order valence-electron chi connectivity index (χ1n) is 5.82. The smallest absolute Gasteiger partial charge is 0.144 e. The van der Waals surface area contributed by atoms with Gasteiger partial charge in [-0.05, 0) is 49.4 Å². The first kappa shape index (κ1) is 11.8. The van der Waals surface area contributed by atoms with Gasteiger partial charge in [0.1, 0.15) is 5.82 Å². The summed E-state index contributed by atoms with van der Waals surface area (Å²) in [5.74, 6) is -0.236. The minimum Gasteiger partial charge on any atom is -0.259 e. The van der Waals surface area contributed by atoms with E-state index in [2.05, 4.69) is 29.2 Å². The van der Waals surface area contributed by atoms with Crippen LogP contribution in [0, 0.1) is 19.7 Å². The molecule has 0 saturated heterocycles. The van der Waals surface area contributed by atoms with E-state index < -0.39 is 0 Å². The molecule has 0 spiro atoms. The summed E-state index contributed by atoms with van der Waals surface area (Å²) < 4.78 is 12.4. The monoisotopic (exact) mass is 229 g/mol. The molecule has 1 aliphatic rings. The molecule has 0 aliphatic heterocycles. The third kappa shape index (κ3) is 3.13. The number of nitrogens with zero attached hydrogens (tertiary/aromatic N) is 1. The molecule has 0 unspecified atom stereocenters. The zero-order valence-corrected chi connectivity index (χ0v) is 10.2. The second-order valence-corrected chi connectivity index (χ2v) is 4.39. The minimum atomic E-state index is -0.236. The number of aryl methyl sites for hydroxylation is 4. The van der Waals surface area contributed by atoms with Crippen LogP contribution >= 0.6 is 0 Å². The van der Waals surface area contributed by atoms with Crippen LogP contribution in [0.3, 0.4) is 0 Å². The molecular formula is C15H16FN. The number of pyridine rings is 1. The summed E-state index contributed by atoms with van der Waals surface area (Å²) >= 11 is 0. The lowest BCUT2D eigenvalue weighted by Gasteiger charge is -1.94. The fourth-order valence-corrected chi connectivity index (χ4v) is 1.91. The molecule has 0 radical (unpaired) electrons. The highest BCUT2D eigenvalue weighted by Crippen LogP contribution is 2.15. The van der Waals surface area contributed by atoms with Crippen LogP contribution in [0.1, 0.15) is 22.4 Å². The lowest BCUT2D eigenvalue weighted by molar-refractivity contribution is 0.610. The zero-order chi connectivity index (χ0) is 12.3. The van der Waals surface area contributed by atoms with E-state index in [1.807, 2.05) is 6.92 Å². The van der Waals surface area contributed by atoms with Crippen molar-refractivity contribution in [3.05, 3.63) is 64.7 Å². The van der Waals surface area contributed by atoms with Gasteiger partial charge in [-0.15, -0.1) is 0 Å². The van der Waals surface area contributed by atoms with Gasteiger partial charge in [0, 0.05) is 5.69 Å². The highest BCUT2D eigenvalue weighted by Gasteiger charge is 2.02. The first-order valence-corrected chi connectivity index (χ1v) is 5.82. The predicted octanol–water partition coefficient (Wildman–Crippen LogP) is 3.62. The number of rotatable bonds is 0. The van der Waals surface area contributed by atoms with E-state index in [1.165, 1.54) is 30.2 Å². The molecule has 0 amide bonds. The predicted molar refractivity (Wildman–Crippen MR) is 67.5 cm³/mol. The molecule has 88 valence electrons. The van der Waals surface area contributed by atoms with Crippen LogP contribution in [0.4, 0.5) is 4.39 Å². The summed E-state index contributed by atoms with van der Waals surface area (Å²) in [5.41, 5.74) is 4.52. The van der Waals surface area contributed by atoms with Gasteiger partial charge in [-0.1, -0.05) is 24.3 Å². The standard InChI is InChI=1S/C8H8.C7H8FN/c1-2-7-4-5-8(3-1)6-7;1-5-3-6(2)9-4-7(5)8/h1-3,6H,4-5H2;3-4H,1-2H3. The van der Waals surface area contributed by atoms with Crippen LogP contribution in [0.15, 0.2) is 36.5 Å². The highest BCUT2D eigenvalue weighted by atomic mass is 19.1. The number of aromatic nitrogens is 1. The fraction of sp³-hybridized carbons (Fsp3) is 0.267. The Labute approximate surface area is 101 Å². The molecule has 0 fully saturated rings. The van der Waals surface area contributed by atoms with Gasteiger partial charge >= 0.3 is 0 Å². The maximum atomic E-state index is 12.4. The lowest BCUT2D eigenvalue weighted by atomic mass is 10.2. The van der Waals surface area contributed by atoms with Crippen molar-refractivity contribution in [1.29, 1.82) is 0 Å². The normalized spacial score (nSPS) is 11.9. The summed E-state index contributed by atoms with van der Waals surface area (Å²) in [7, 11) is 0. The minimum absolute atomic E-state index is 0.236. The summed E-state index contributed by atoms with van der Waals surface area (Å²) in [6.07, 6.45) is 3.77. The topological polar surface area (TPSA) is 12.9 Å². The van der Waals surface area contributed by atoms with Crippen LogP contribution in [0.2, 0.25) is 0 Å². The van der Waals surface area contributed by atoms with Gasteiger partial charge in [-0.3, -0.25) is 4.98 Å². The van der Waals surface area contributed by atoms with Gasteiger partial charge in [0.05, 0.1) is 6.20 Å². The van der Waals surface area contributed by atoms with E-state index in [0.29, 0.717) is 5.56 Å². The lowest BCUT2D eigenvalue weighted by Crippen LogP contribution is -1.86. The summed E-state index contributed by atoms with van der Waals surface area (Å²) in [4.78, 5) is 3.76. The molecule has 1 nitrogen and oxygen atoms in total. The van der Waals surface area contributed by atoms with Gasteiger partial charge in [0.2, 0.25) is 0 Å². The molecular weight excluding hydrogens is 213 g/mol. The van der Waals surface area contributed by atoms with Gasteiger partial charge in [0.15, 0.2) is 0 Å². The summed E-state index contributed by atoms with van der Waals surface area (Å²) in [5, 5.41) is 0. The molecule has 1 aliphatic carbocycles. The van der Waals surface area contributed by atoms with Crippen molar-refractivity contribution in [3.63, 3.8) is 0 Å². The third-order valence-corrected chi connectivity index (χ3v) is 2.88. The Morgan fingerprint density at radius 1 is 1.06 bits per heavy atom. The molecule has 2 heteroatoms. The molecule has 1 aromatic heterocycles. The van der Waals surface area contributed by atoms with E-state index >= 15 is 0 Å². The number of hydrogen-bond donors (Lipinski definition) is 0. The Hall–Kier alpha value is -1.70. The average molecular weight is 229 g/mol. The van der Waals surface area contributed by atoms with E-state index in [0.717, 1.165) is 5.69 Å². The van der Waals surface area contributed by atoms with Gasteiger partial charge in [0.25, 0.3) is 0 Å². The Balaban J connectivity index is 0.000000127. The fourth-order valence-electron chi connectivity index (χ4n) is 1.91. The molecule has 1 heterocycles. The quantitative estimate of drug-likeness (QED) is 0.672. The Kier molecular flexibility index (Phi) is 3.52. The maximum absolute atomic E-state index is 12.4. The average Bonchev–Trinajstić information content (AvgIpc) is 2.64. The highest BCUT2D eigenvalue weighted by molar-refractivity contribution is 5.29. The van der Waals surface area contributed by atoms with Crippen molar-refractivity contribution < 1.29 is 4.39 Å².